The van der Waals surface area contributed by atoms with Crippen LogP contribution in [0.2, 0.25) is 0 Å². The lowest BCUT2D eigenvalue weighted by Crippen LogP contribution is -2.32. The van der Waals surface area contributed by atoms with Crippen LogP contribution in [0.25, 0.3) is 0 Å². The average Bonchev–Trinajstić information content (AvgIpc) is 2.25. The van der Waals surface area contributed by atoms with Gasteiger partial charge < -0.3 is 15.7 Å². The SMILES string of the molecule is Cl.Cl.N[C@H](CCCCN1CCCCC1)C(=O)O. The van der Waals surface area contributed by atoms with E-state index in [1.165, 1.54) is 32.4 Å². The van der Waals surface area contributed by atoms with Crippen LogP contribution in [0.1, 0.15) is 38.5 Å². The quantitative estimate of drug-likeness (QED) is 0.732. The van der Waals surface area contributed by atoms with Crippen molar-refractivity contribution < 1.29 is 9.90 Å². The van der Waals surface area contributed by atoms with Gasteiger partial charge in [0, 0.05) is 0 Å². The number of carbonyl (C=O) groups is 1. The molecule has 1 heterocycles. The summed E-state index contributed by atoms with van der Waals surface area (Å²) in [7, 11) is 0. The largest absolute Gasteiger partial charge is 0.480 e. The molecule has 104 valence electrons. The highest BCUT2D eigenvalue weighted by atomic mass is 35.5. The molecule has 1 aliphatic rings. The lowest BCUT2D eigenvalue weighted by atomic mass is 10.1. The van der Waals surface area contributed by atoms with Crippen LogP contribution in [0.15, 0.2) is 0 Å². The number of hydrogen-bond donors (Lipinski definition) is 2. The van der Waals surface area contributed by atoms with Crippen LogP contribution >= 0.6 is 24.8 Å². The topological polar surface area (TPSA) is 66.6 Å². The molecule has 1 rings (SSSR count). The van der Waals surface area contributed by atoms with E-state index in [-0.39, 0.29) is 24.8 Å². The summed E-state index contributed by atoms with van der Waals surface area (Å²) in [5, 5.41) is 8.59. The zero-order chi connectivity index (χ0) is 11.1. The molecule has 0 aromatic heterocycles. The molecule has 6 heteroatoms. The summed E-state index contributed by atoms with van der Waals surface area (Å²) in [4.78, 5) is 12.9. The maximum atomic E-state index is 10.5. The van der Waals surface area contributed by atoms with Crippen LogP contribution in [0.4, 0.5) is 0 Å². The Balaban J connectivity index is 0. The van der Waals surface area contributed by atoms with E-state index < -0.39 is 12.0 Å². The maximum absolute atomic E-state index is 10.5. The van der Waals surface area contributed by atoms with Gasteiger partial charge in [-0.25, -0.2) is 0 Å². The molecule has 0 spiro atoms. The molecule has 0 bridgehead atoms. The van der Waals surface area contributed by atoms with Crippen molar-refractivity contribution in [3.63, 3.8) is 0 Å². The van der Waals surface area contributed by atoms with Gasteiger partial charge in [0.1, 0.15) is 6.04 Å². The van der Waals surface area contributed by atoms with Crippen molar-refractivity contribution in [2.24, 2.45) is 5.73 Å². The third-order valence-corrected chi connectivity index (χ3v) is 3.01. The molecule has 0 aromatic carbocycles. The van der Waals surface area contributed by atoms with Crippen LogP contribution in [0.3, 0.4) is 0 Å². The zero-order valence-corrected chi connectivity index (χ0v) is 11.8. The lowest BCUT2D eigenvalue weighted by Gasteiger charge is -2.26. The van der Waals surface area contributed by atoms with Crippen molar-refractivity contribution in [2.45, 2.75) is 44.6 Å². The molecule has 1 atom stereocenters. The van der Waals surface area contributed by atoms with Crippen molar-refractivity contribution in [1.29, 1.82) is 0 Å². The summed E-state index contributed by atoms with van der Waals surface area (Å²) in [6.45, 7) is 3.53. The molecular weight excluding hydrogens is 263 g/mol. The van der Waals surface area contributed by atoms with E-state index in [1.54, 1.807) is 0 Å². The van der Waals surface area contributed by atoms with Gasteiger partial charge in [-0.3, -0.25) is 4.79 Å². The zero-order valence-electron chi connectivity index (χ0n) is 10.1. The van der Waals surface area contributed by atoms with Gasteiger partial charge in [-0.05, 0) is 45.3 Å². The Labute approximate surface area is 116 Å². The van der Waals surface area contributed by atoms with Gasteiger partial charge in [0.25, 0.3) is 0 Å². The van der Waals surface area contributed by atoms with E-state index in [1.807, 2.05) is 0 Å². The van der Waals surface area contributed by atoms with Crippen LogP contribution in [-0.4, -0.2) is 41.7 Å². The van der Waals surface area contributed by atoms with Crippen LogP contribution in [-0.2, 0) is 4.79 Å². The number of unbranched alkanes of at least 4 members (excludes halogenated alkanes) is 1. The number of aliphatic carboxylic acids is 1. The molecule has 4 nitrogen and oxygen atoms in total. The number of carboxylic acid groups (broad SMARTS) is 1. The van der Waals surface area contributed by atoms with Gasteiger partial charge in [-0.15, -0.1) is 24.8 Å². The highest BCUT2D eigenvalue weighted by Crippen LogP contribution is 2.10. The summed E-state index contributed by atoms with van der Waals surface area (Å²) in [5.41, 5.74) is 5.42. The Hall–Kier alpha value is -0.0300. The minimum Gasteiger partial charge on any atom is -0.480 e. The summed E-state index contributed by atoms with van der Waals surface area (Å²) in [6.07, 6.45) is 6.58. The molecule has 17 heavy (non-hydrogen) atoms. The summed E-state index contributed by atoms with van der Waals surface area (Å²) in [5.74, 6) is -0.882. The van der Waals surface area contributed by atoms with E-state index in [2.05, 4.69) is 4.90 Å². The summed E-state index contributed by atoms with van der Waals surface area (Å²) >= 11 is 0. The molecule has 0 unspecified atom stereocenters. The normalized spacial score (nSPS) is 17.7. The maximum Gasteiger partial charge on any atom is 0.320 e. The van der Waals surface area contributed by atoms with E-state index in [4.69, 9.17) is 10.8 Å². The minimum absolute atomic E-state index is 0. The van der Waals surface area contributed by atoms with Crippen LogP contribution < -0.4 is 5.73 Å². The number of piperidine rings is 1. The van der Waals surface area contributed by atoms with Crippen molar-refractivity contribution in [3.8, 4) is 0 Å². The first-order valence-corrected chi connectivity index (χ1v) is 5.91. The fraction of sp³-hybridized carbons (Fsp3) is 0.909. The van der Waals surface area contributed by atoms with Crippen molar-refractivity contribution >= 4 is 30.8 Å². The first kappa shape index (κ1) is 19.3. The first-order valence-electron chi connectivity index (χ1n) is 5.91. The second kappa shape index (κ2) is 11.1. The Bertz CT molecular complexity index is 200. The van der Waals surface area contributed by atoms with Gasteiger partial charge in [0.05, 0.1) is 0 Å². The molecule has 0 aromatic rings. The van der Waals surface area contributed by atoms with Crippen molar-refractivity contribution in [2.75, 3.05) is 19.6 Å². The van der Waals surface area contributed by atoms with Crippen molar-refractivity contribution in [1.82, 2.24) is 4.90 Å². The summed E-state index contributed by atoms with van der Waals surface area (Å²) in [6, 6.07) is -0.675. The number of likely N-dealkylation sites (tertiary alicyclic amines) is 1. The van der Waals surface area contributed by atoms with Gasteiger partial charge in [-0.1, -0.05) is 12.8 Å². The molecule has 1 aliphatic heterocycles. The predicted octanol–water partition coefficient (Wildman–Crippen LogP) is 1.90. The molecule has 0 radical (unpaired) electrons. The standard InChI is InChI=1S/C11H22N2O2.2ClH/c12-10(11(14)15)6-2-5-9-13-7-3-1-4-8-13;;/h10H,1-9,12H2,(H,14,15);2*1H/t10-;;/m1../s1. The second-order valence-corrected chi connectivity index (χ2v) is 4.34. The molecule has 0 saturated carbocycles. The van der Waals surface area contributed by atoms with Crippen LogP contribution in [0.5, 0.6) is 0 Å². The monoisotopic (exact) mass is 286 g/mol. The fourth-order valence-electron chi connectivity index (χ4n) is 2.01. The van der Waals surface area contributed by atoms with Gasteiger partial charge >= 0.3 is 5.97 Å². The molecule has 0 aliphatic carbocycles. The number of halogens is 2. The number of rotatable bonds is 6. The van der Waals surface area contributed by atoms with Gasteiger partial charge in [0.15, 0.2) is 0 Å². The first-order chi connectivity index (χ1) is 7.20. The minimum atomic E-state index is -0.882. The van der Waals surface area contributed by atoms with Crippen LogP contribution in [0, 0.1) is 0 Å². The molecule has 3 N–H and O–H groups in total. The highest BCUT2D eigenvalue weighted by molar-refractivity contribution is 5.85. The number of carboxylic acids is 1. The molecular formula is C11H24Cl2N2O2. The third-order valence-electron chi connectivity index (χ3n) is 3.01. The Morgan fingerprint density at radius 2 is 1.76 bits per heavy atom. The summed E-state index contributed by atoms with van der Waals surface area (Å²) < 4.78 is 0. The van der Waals surface area contributed by atoms with E-state index in [0.29, 0.717) is 6.42 Å². The Morgan fingerprint density at radius 1 is 1.18 bits per heavy atom. The average molecular weight is 287 g/mol. The van der Waals surface area contributed by atoms with Gasteiger partial charge in [0.2, 0.25) is 0 Å². The van der Waals surface area contributed by atoms with Gasteiger partial charge in [-0.2, -0.15) is 0 Å². The molecule has 1 fully saturated rings. The predicted molar refractivity (Wildman–Crippen MR) is 74.2 cm³/mol. The van der Waals surface area contributed by atoms with E-state index >= 15 is 0 Å². The lowest BCUT2D eigenvalue weighted by molar-refractivity contribution is -0.138. The second-order valence-electron chi connectivity index (χ2n) is 4.34. The number of hydrogen-bond acceptors (Lipinski definition) is 3. The fourth-order valence-corrected chi connectivity index (χ4v) is 2.01. The molecule has 0 amide bonds. The van der Waals surface area contributed by atoms with E-state index in [0.717, 1.165) is 19.4 Å². The highest BCUT2D eigenvalue weighted by Gasteiger charge is 2.12. The van der Waals surface area contributed by atoms with E-state index in [9.17, 15) is 4.79 Å². The third kappa shape index (κ3) is 8.66. The molecule has 1 saturated heterocycles. The Kier molecular flexibility index (Phi) is 12.6. The smallest absolute Gasteiger partial charge is 0.320 e. The number of nitrogens with two attached hydrogens (primary N) is 1. The Morgan fingerprint density at radius 3 is 2.29 bits per heavy atom. The number of nitrogens with zero attached hydrogens (tertiary/aromatic N) is 1. The van der Waals surface area contributed by atoms with Crippen molar-refractivity contribution in [3.05, 3.63) is 0 Å².